The summed E-state index contributed by atoms with van der Waals surface area (Å²) in [7, 11) is 4.07. The van der Waals surface area contributed by atoms with Crippen LogP contribution in [0.3, 0.4) is 0 Å². The van der Waals surface area contributed by atoms with Gasteiger partial charge in [0.2, 0.25) is 5.91 Å². The first-order chi connectivity index (χ1) is 6.78. The van der Waals surface area contributed by atoms with Gasteiger partial charge >= 0.3 is 0 Å². The minimum atomic E-state index is -0.0971. The number of halogens is 2. The van der Waals surface area contributed by atoms with Crippen molar-refractivity contribution in [3.05, 3.63) is 0 Å². The van der Waals surface area contributed by atoms with Crippen LogP contribution in [0.4, 0.5) is 0 Å². The van der Waals surface area contributed by atoms with Crippen LogP contribution in [-0.4, -0.2) is 44.5 Å². The van der Waals surface area contributed by atoms with Crippen molar-refractivity contribution in [2.75, 3.05) is 33.7 Å². The topological polar surface area (TPSA) is 58.4 Å². The van der Waals surface area contributed by atoms with Crippen molar-refractivity contribution in [2.24, 2.45) is 17.1 Å². The van der Waals surface area contributed by atoms with Gasteiger partial charge in [-0.05, 0) is 19.5 Å². The highest BCUT2D eigenvalue weighted by Gasteiger charge is 2.20. The lowest BCUT2D eigenvalue weighted by molar-refractivity contribution is -0.124. The Balaban J connectivity index is -0.000000980. The number of nitrogens with two attached hydrogens (primary N) is 1. The fourth-order valence-corrected chi connectivity index (χ4v) is 1.52. The first kappa shape index (κ1) is 22.2. The lowest BCUT2D eigenvalue weighted by Crippen LogP contribution is -2.42. The highest BCUT2D eigenvalue weighted by molar-refractivity contribution is 5.85. The summed E-state index contributed by atoms with van der Waals surface area (Å²) in [6.45, 7) is 8.16. The molecule has 0 saturated heterocycles. The molecule has 0 aromatic rings. The number of nitrogens with one attached hydrogen (secondary N) is 1. The summed E-state index contributed by atoms with van der Waals surface area (Å²) < 4.78 is 0. The van der Waals surface area contributed by atoms with Gasteiger partial charge in [-0.25, -0.2) is 0 Å². The molecule has 0 bridgehead atoms. The Labute approximate surface area is 118 Å². The molecular formula is C11H27Cl2N3O. The maximum Gasteiger partial charge on any atom is 0.224 e. The van der Waals surface area contributed by atoms with Crippen molar-refractivity contribution in [3.8, 4) is 0 Å². The molecular weight excluding hydrogens is 261 g/mol. The van der Waals surface area contributed by atoms with Crippen molar-refractivity contribution in [1.29, 1.82) is 0 Å². The van der Waals surface area contributed by atoms with E-state index in [0.29, 0.717) is 13.1 Å². The van der Waals surface area contributed by atoms with Crippen LogP contribution < -0.4 is 11.1 Å². The Kier molecular flexibility index (Phi) is 13.0. The molecule has 0 heterocycles. The van der Waals surface area contributed by atoms with Crippen molar-refractivity contribution in [2.45, 2.75) is 20.8 Å². The number of carbonyl (C=O) groups is 1. The normalized spacial score (nSPS) is 12.4. The van der Waals surface area contributed by atoms with Gasteiger partial charge in [0.25, 0.3) is 0 Å². The molecule has 6 heteroatoms. The molecule has 0 saturated carbocycles. The number of amides is 1. The molecule has 0 aromatic heterocycles. The zero-order valence-corrected chi connectivity index (χ0v) is 13.1. The SMILES string of the molecule is CC(CN)C(=O)NCC(C)(C)CN(C)C.Cl.Cl. The van der Waals surface area contributed by atoms with Crippen LogP contribution in [-0.2, 0) is 4.79 Å². The van der Waals surface area contributed by atoms with E-state index in [9.17, 15) is 4.79 Å². The number of hydrogen-bond acceptors (Lipinski definition) is 3. The van der Waals surface area contributed by atoms with Crippen LogP contribution in [0.25, 0.3) is 0 Å². The maximum atomic E-state index is 11.5. The predicted molar refractivity (Wildman–Crippen MR) is 78.1 cm³/mol. The zero-order valence-electron chi connectivity index (χ0n) is 11.4. The molecule has 1 unspecified atom stereocenters. The smallest absolute Gasteiger partial charge is 0.224 e. The van der Waals surface area contributed by atoms with E-state index in [-0.39, 0.29) is 42.1 Å². The van der Waals surface area contributed by atoms with Crippen LogP contribution in [0.2, 0.25) is 0 Å². The van der Waals surface area contributed by atoms with Gasteiger partial charge in [0, 0.05) is 25.6 Å². The van der Waals surface area contributed by atoms with Gasteiger partial charge in [-0.2, -0.15) is 0 Å². The molecule has 0 aliphatic heterocycles. The average Bonchev–Trinajstić information content (AvgIpc) is 2.11. The summed E-state index contributed by atoms with van der Waals surface area (Å²) in [6.07, 6.45) is 0. The second-order valence-corrected chi connectivity index (χ2v) is 5.26. The van der Waals surface area contributed by atoms with Gasteiger partial charge in [-0.3, -0.25) is 4.79 Å². The molecule has 1 amide bonds. The summed E-state index contributed by atoms with van der Waals surface area (Å²) in [5.74, 6) is -0.0514. The van der Waals surface area contributed by atoms with E-state index in [2.05, 4.69) is 24.1 Å². The minimum Gasteiger partial charge on any atom is -0.355 e. The van der Waals surface area contributed by atoms with Crippen LogP contribution in [0.5, 0.6) is 0 Å². The third-order valence-electron chi connectivity index (χ3n) is 2.29. The summed E-state index contributed by atoms with van der Waals surface area (Å²) in [6, 6.07) is 0. The second-order valence-electron chi connectivity index (χ2n) is 5.26. The fourth-order valence-electron chi connectivity index (χ4n) is 1.52. The third-order valence-corrected chi connectivity index (χ3v) is 2.29. The van der Waals surface area contributed by atoms with Crippen LogP contribution in [0, 0.1) is 11.3 Å². The molecule has 3 N–H and O–H groups in total. The number of carbonyl (C=O) groups excluding carboxylic acids is 1. The van der Waals surface area contributed by atoms with Crippen LogP contribution >= 0.6 is 24.8 Å². The molecule has 106 valence electrons. The first-order valence-electron chi connectivity index (χ1n) is 5.41. The van der Waals surface area contributed by atoms with E-state index < -0.39 is 0 Å². The van der Waals surface area contributed by atoms with Gasteiger partial charge in [-0.15, -0.1) is 24.8 Å². The lowest BCUT2D eigenvalue weighted by atomic mass is 9.92. The number of rotatable bonds is 6. The number of hydrogen-bond donors (Lipinski definition) is 2. The summed E-state index contributed by atoms with van der Waals surface area (Å²) in [5.41, 5.74) is 5.51. The van der Waals surface area contributed by atoms with E-state index in [1.54, 1.807) is 0 Å². The Morgan fingerprint density at radius 3 is 2.18 bits per heavy atom. The van der Waals surface area contributed by atoms with E-state index in [0.717, 1.165) is 6.54 Å². The van der Waals surface area contributed by atoms with Gasteiger partial charge < -0.3 is 16.0 Å². The van der Waals surface area contributed by atoms with Crippen molar-refractivity contribution in [1.82, 2.24) is 10.2 Å². The molecule has 17 heavy (non-hydrogen) atoms. The van der Waals surface area contributed by atoms with Crippen LogP contribution in [0.15, 0.2) is 0 Å². The van der Waals surface area contributed by atoms with E-state index >= 15 is 0 Å². The summed E-state index contributed by atoms with van der Waals surface area (Å²) >= 11 is 0. The Hall–Kier alpha value is -0.0300. The van der Waals surface area contributed by atoms with Gasteiger partial charge in [0.05, 0.1) is 0 Å². The van der Waals surface area contributed by atoms with E-state index in [4.69, 9.17) is 5.73 Å². The Morgan fingerprint density at radius 1 is 1.35 bits per heavy atom. The second kappa shape index (κ2) is 9.95. The van der Waals surface area contributed by atoms with Crippen LogP contribution in [0.1, 0.15) is 20.8 Å². The minimum absolute atomic E-state index is 0. The standard InChI is InChI=1S/C11H25N3O.2ClH/c1-9(6-12)10(15)13-7-11(2,3)8-14(4)5;;/h9H,6-8,12H2,1-5H3,(H,13,15);2*1H. The van der Waals surface area contributed by atoms with Gasteiger partial charge in [-0.1, -0.05) is 20.8 Å². The molecule has 1 atom stereocenters. The molecule has 0 aliphatic rings. The highest BCUT2D eigenvalue weighted by atomic mass is 35.5. The largest absolute Gasteiger partial charge is 0.355 e. The molecule has 0 spiro atoms. The molecule has 0 aromatic carbocycles. The van der Waals surface area contributed by atoms with Gasteiger partial charge in [0.1, 0.15) is 0 Å². The molecule has 4 nitrogen and oxygen atoms in total. The number of nitrogens with zero attached hydrogens (tertiary/aromatic N) is 1. The third kappa shape index (κ3) is 10.8. The quantitative estimate of drug-likeness (QED) is 0.770. The van der Waals surface area contributed by atoms with Gasteiger partial charge in [0.15, 0.2) is 0 Å². The van der Waals surface area contributed by atoms with Crippen molar-refractivity contribution < 1.29 is 4.79 Å². The summed E-state index contributed by atoms with van der Waals surface area (Å²) in [4.78, 5) is 13.6. The molecule has 0 fully saturated rings. The molecule has 0 radical (unpaired) electrons. The fraction of sp³-hybridized carbons (Fsp3) is 0.909. The summed E-state index contributed by atoms with van der Waals surface area (Å²) in [5, 5.41) is 2.93. The first-order valence-corrected chi connectivity index (χ1v) is 5.41. The van der Waals surface area contributed by atoms with E-state index in [1.807, 2.05) is 21.0 Å². The average molecular weight is 288 g/mol. The van der Waals surface area contributed by atoms with E-state index in [1.165, 1.54) is 0 Å². The lowest BCUT2D eigenvalue weighted by Gasteiger charge is -2.28. The monoisotopic (exact) mass is 287 g/mol. The Morgan fingerprint density at radius 2 is 1.82 bits per heavy atom. The van der Waals surface area contributed by atoms with Crippen molar-refractivity contribution >= 4 is 30.7 Å². The molecule has 0 aliphatic carbocycles. The molecule has 0 rings (SSSR count). The maximum absolute atomic E-state index is 11.5. The Bertz CT molecular complexity index is 211. The zero-order chi connectivity index (χ0) is 12.1. The van der Waals surface area contributed by atoms with Crippen molar-refractivity contribution in [3.63, 3.8) is 0 Å². The predicted octanol–water partition coefficient (Wildman–Crippen LogP) is 1.13. The highest BCUT2D eigenvalue weighted by Crippen LogP contribution is 2.14.